The van der Waals surface area contributed by atoms with Crippen molar-refractivity contribution in [2.45, 2.75) is 44.8 Å². The van der Waals surface area contributed by atoms with Gasteiger partial charge in [0.15, 0.2) is 0 Å². The van der Waals surface area contributed by atoms with Crippen molar-refractivity contribution in [3.8, 4) is 0 Å². The normalized spacial score (nSPS) is 13.1. The molecular formula is C15H25NS. The maximum atomic E-state index is 3.52. The molecule has 0 heterocycles. The Balaban J connectivity index is 2.44. The van der Waals surface area contributed by atoms with E-state index >= 15 is 0 Å². The molecular weight excluding hydrogens is 226 g/mol. The summed E-state index contributed by atoms with van der Waals surface area (Å²) in [6.07, 6.45) is 0. The van der Waals surface area contributed by atoms with Gasteiger partial charge in [0, 0.05) is 16.7 Å². The minimum Gasteiger partial charge on any atom is -0.315 e. The molecule has 0 amide bonds. The third-order valence-corrected chi connectivity index (χ3v) is 3.92. The molecule has 0 aliphatic heterocycles. The van der Waals surface area contributed by atoms with Crippen molar-refractivity contribution in [2.75, 3.05) is 13.1 Å². The monoisotopic (exact) mass is 251 g/mol. The van der Waals surface area contributed by atoms with Gasteiger partial charge >= 0.3 is 0 Å². The van der Waals surface area contributed by atoms with Crippen molar-refractivity contribution >= 4 is 11.8 Å². The van der Waals surface area contributed by atoms with Gasteiger partial charge in [0.2, 0.25) is 0 Å². The first-order valence-electron chi connectivity index (χ1n) is 6.43. The maximum Gasteiger partial charge on any atom is 0.0191 e. The van der Waals surface area contributed by atoms with Crippen LogP contribution in [-0.4, -0.2) is 18.3 Å². The van der Waals surface area contributed by atoms with Gasteiger partial charge in [0.1, 0.15) is 0 Å². The lowest BCUT2D eigenvalue weighted by Gasteiger charge is -2.15. The minimum absolute atomic E-state index is 0.620. The molecule has 0 bridgehead atoms. The smallest absolute Gasteiger partial charge is 0.0191 e. The molecule has 0 saturated heterocycles. The molecule has 1 nitrogen and oxygen atoms in total. The number of thioether (sulfide) groups is 1. The zero-order chi connectivity index (χ0) is 12.8. The summed E-state index contributed by atoms with van der Waals surface area (Å²) in [5, 5.41) is 4.14. The van der Waals surface area contributed by atoms with Crippen molar-refractivity contribution in [2.24, 2.45) is 5.92 Å². The predicted octanol–water partition coefficient (Wildman–Crippen LogP) is 4.03. The van der Waals surface area contributed by atoms with Crippen LogP contribution in [0.15, 0.2) is 23.1 Å². The Hall–Kier alpha value is -0.470. The lowest BCUT2D eigenvalue weighted by Crippen LogP contribution is -2.26. The molecule has 0 saturated carbocycles. The Morgan fingerprint density at radius 1 is 1.12 bits per heavy atom. The zero-order valence-corrected chi connectivity index (χ0v) is 12.5. The van der Waals surface area contributed by atoms with Crippen LogP contribution in [0, 0.1) is 19.8 Å². The van der Waals surface area contributed by atoms with Gasteiger partial charge < -0.3 is 5.32 Å². The van der Waals surface area contributed by atoms with E-state index in [0.29, 0.717) is 5.25 Å². The Bertz CT molecular complexity index is 347. The van der Waals surface area contributed by atoms with E-state index in [9.17, 15) is 0 Å². The summed E-state index contributed by atoms with van der Waals surface area (Å²) in [7, 11) is 0. The van der Waals surface area contributed by atoms with Crippen molar-refractivity contribution < 1.29 is 0 Å². The first-order valence-corrected chi connectivity index (χ1v) is 7.31. The van der Waals surface area contributed by atoms with Gasteiger partial charge in [-0.15, -0.1) is 11.8 Å². The number of rotatable bonds is 6. The van der Waals surface area contributed by atoms with Gasteiger partial charge in [-0.2, -0.15) is 0 Å². The Kier molecular flexibility index (Phi) is 6.07. The molecule has 0 aromatic heterocycles. The van der Waals surface area contributed by atoms with Gasteiger partial charge in [-0.25, -0.2) is 0 Å². The summed E-state index contributed by atoms with van der Waals surface area (Å²) < 4.78 is 0. The maximum absolute atomic E-state index is 3.52. The van der Waals surface area contributed by atoms with Gasteiger partial charge in [0.05, 0.1) is 0 Å². The summed E-state index contributed by atoms with van der Waals surface area (Å²) >= 11 is 1.97. The van der Waals surface area contributed by atoms with E-state index in [1.54, 1.807) is 0 Å². The molecule has 1 atom stereocenters. The second-order valence-electron chi connectivity index (χ2n) is 5.25. The van der Waals surface area contributed by atoms with Crippen LogP contribution in [0.4, 0.5) is 0 Å². The second-order valence-corrected chi connectivity index (χ2v) is 6.73. The van der Waals surface area contributed by atoms with Gasteiger partial charge in [0.25, 0.3) is 0 Å². The Morgan fingerprint density at radius 2 is 1.82 bits per heavy atom. The van der Waals surface area contributed by atoms with Crippen molar-refractivity contribution in [1.82, 2.24) is 5.32 Å². The lowest BCUT2D eigenvalue weighted by atomic mass is 10.2. The van der Waals surface area contributed by atoms with Crippen molar-refractivity contribution in [3.05, 3.63) is 29.3 Å². The molecule has 0 radical (unpaired) electrons. The lowest BCUT2D eigenvalue weighted by molar-refractivity contribution is 0.554. The highest BCUT2D eigenvalue weighted by Crippen LogP contribution is 2.27. The van der Waals surface area contributed by atoms with Crippen LogP contribution < -0.4 is 5.32 Å². The van der Waals surface area contributed by atoms with Crippen LogP contribution in [0.3, 0.4) is 0 Å². The second kappa shape index (κ2) is 7.07. The number of nitrogens with one attached hydrogen (secondary N) is 1. The van der Waals surface area contributed by atoms with E-state index in [0.717, 1.165) is 19.0 Å². The van der Waals surface area contributed by atoms with E-state index in [1.165, 1.54) is 16.0 Å². The Labute approximate surface area is 110 Å². The van der Waals surface area contributed by atoms with Crippen LogP contribution in [0.5, 0.6) is 0 Å². The molecule has 1 unspecified atom stereocenters. The van der Waals surface area contributed by atoms with Crippen LogP contribution in [-0.2, 0) is 0 Å². The summed E-state index contributed by atoms with van der Waals surface area (Å²) in [6.45, 7) is 13.3. The molecule has 1 aromatic carbocycles. The minimum atomic E-state index is 0.620. The number of hydrogen-bond donors (Lipinski definition) is 1. The predicted molar refractivity (Wildman–Crippen MR) is 78.9 cm³/mol. The largest absolute Gasteiger partial charge is 0.315 e. The molecule has 1 aromatic rings. The quantitative estimate of drug-likeness (QED) is 0.766. The molecule has 17 heavy (non-hydrogen) atoms. The molecule has 0 aliphatic carbocycles. The summed E-state index contributed by atoms with van der Waals surface area (Å²) in [4.78, 5) is 1.42. The van der Waals surface area contributed by atoms with Gasteiger partial charge in [-0.1, -0.05) is 38.5 Å². The molecule has 1 rings (SSSR count). The SMILES string of the molecule is Cc1ccc(C)c(SC(C)CNCC(C)C)c1. The summed E-state index contributed by atoms with van der Waals surface area (Å²) in [5.41, 5.74) is 2.73. The molecule has 2 heteroatoms. The van der Waals surface area contributed by atoms with Crippen LogP contribution in [0.2, 0.25) is 0 Å². The first-order chi connectivity index (χ1) is 7.99. The summed E-state index contributed by atoms with van der Waals surface area (Å²) in [5.74, 6) is 0.730. The van der Waals surface area contributed by atoms with Crippen LogP contribution in [0.1, 0.15) is 31.9 Å². The topological polar surface area (TPSA) is 12.0 Å². The molecule has 0 aliphatic rings. The number of aryl methyl sites for hydroxylation is 2. The van der Waals surface area contributed by atoms with E-state index in [-0.39, 0.29) is 0 Å². The van der Waals surface area contributed by atoms with Crippen LogP contribution in [0.25, 0.3) is 0 Å². The van der Waals surface area contributed by atoms with E-state index in [4.69, 9.17) is 0 Å². The van der Waals surface area contributed by atoms with E-state index < -0.39 is 0 Å². The number of hydrogen-bond acceptors (Lipinski definition) is 2. The molecule has 0 fully saturated rings. The van der Waals surface area contributed by atoms with Crippen molar-refractivity contribution in [3.63, 3.8) is 0 Å². The average Bonchev–Trinajstić information content (AvgIpc) is 2.23. The Morgan fingerprint density at radius 3 is 2.47 bits per heavy atom. The summed E-state index contributed by atoms with van der Waals surface area (Å²) in [6, 6.07) is 6.69. The standard InChI is InChI=1S/C15H25NS/c1-11(2)9-16-10-14(5)17-15-8-12(3)6-7-13(15)4/h6-8,11,14,16H,9-10H2,1-5H3. The highest BCUT2D eigenvalue weighted by Gasteiger charge is 2.07. The fourth-order valence-electron chi connectivity index (χ4n) is 1.67. The fourth-order valence-corrected chi connectivity index (χ4v) is 2.81. The van der Waals surface area contributed by atoms with Gasteiger partial charge in [-0.3, -0.25) is 0 Å². The highest BCUT2D eigenvalue weighted by molar-refractivity contribution is 8.00. The molecule has 0 spiro atoms. The van der Waals surface area contributed by atoms with E-state index in [1.807, 2.05) is 11.8 Å². The first kappa shape index (κ1) is 14.6. The fraction of sp³-hybridized carbons (Fsp3) is 0.600. The molecule has 96 valence electrons. The van der Waals surface area contributed by atoms with E-state index in [2.05, 4.69) is 58.1 Å². The highest BCUT2D eigenvalue weighted by atomic mass is 32.2. The third kappa shape index (κ3) is 5.60. The van der Waals surface area contributed by atoms with Crippen molar-refractivity contribution in [1.29, 1.82) is 0 Å². The average molecular weight is 251 g/mol. The number of benzene rings is 1. The molecule has 1 N–H and O–H groups in total. The zero-order valence-electron chi connectivity index (χ0n) is 11.7. The van der Waals surface area contributed by atoms with Crippen LogP contribution >= 0.6 is 11.8 Å². The third-order valence-electron chi connectivity index (χ3n) is 2.66. The van der Waals surface area contributed by atoms with Gasteiger partial charge in [-0.05, 0) is 37.9 Å².